The molecule has 0 aliphatic carbocycles. The second-order valence-corrected chi connectivity index (χ2v) is 22.3. The summed E-state index contributed by atoms with van der Waals surface area (Å²) in [6, 6.07) is 0. The molecular weight excluding hydrogens is 533 g/mol. The average Bonchev–Trinajstić information content (AvgIpc) is 2.83. The van der Waals surface area contributed by atoms with Crippen molar-refractivity contribution in [2.75, 3.05) is 19.7 Å². The van der Waals surface area contributed by atoms with Gasteiger partial charge < -0.3 is 8.85 Å². The monoisotopic (exact) mass is 605 g/mol. The molecule has 0 spiro atoms. The number of hydrogen-bond donors (Lipinski definition) is 1. The molecule has 0 unspecified atom stereocenters. The predicted molar refractivity (Wildman–Crippen MR) is 181 cm³/mol. The van der Waals surface area contributed by atoms with E-state index >= 15 is 0 Å². The lowest BCUT2D eigenvalue weighted by atomic mass is 10.1. The number of ketones is 1. The second kappa shape index (κ2) is 29.9. The highest BCUT2D eigenvalue weighted by Crippen LogP contribution is 2.13. The molecule has 0 saturated carbocycles. The van der Waals surface area contributed by atoms with Crippen molar-refractivity contribution in [2.45, 2.75) is 176 Å². The Morgan fingerprint density at radius 2 is 0.975 bits per heavy atom. The van der Waals surface area contributed by atoms with Gasteiger partial charge in [-0.2, -0.15) is 0 Å². The molecule has 0 aliphatic heterocycles. The van der Waals surface area contributed by atoms with Crippen molar-refractivity contribution < 1.29 is 18.4 Å². The van der Waals surface area contributed by atoms with Crippen molar-refractivity contribution >= 4 is 28.4 Å². The van der Waals surface area contributed by atoms with E-state index < -0.39 is 16.6 Å². The van der Waals surface area contributed by atoms with Gasteiger partial charge in [0.25, 0.3) is 0 Å². The van der Waals surface area contributed by atoms with Gasteiger partial charge in [-0.1, -0.05) is 111 Å². The van der Waals surface area contributed by atoms with Crippen LogP contribution in [-0.4, -0.2) is 53.1 Å². The van der Waals surface area contributed by atoms with Crippen molar-refractivity contribution in [1.29, 1.82) is 0 Å². The Labute approximate surface area is 253 Å². The Kier molecular flexibility index (Phi) is 32.8. The molecule has 0 saturated heterocycles. The minimum atomic E-state index is -1.23. The molecule has 0 bridgehead atoms. The summed E-state index contributed by atoms with van der Waals surface area (Å²) in [5, 5.41) is 1.53. The maximum absolute atomic E-state index is 11.7. The summed E-state index contributed by atoms with van der Waals surface area (Å²) >= 11 is 0. The van der Waals surface area contributed by atoms with Crippen LogP contribution < -0.4 is 5.84 Å². The van der Waals surface area contributed by atoms with E-state index in [1.165, 1.54) is 95.4 Å². The summed E-state index contributed by atoms with van der Waals surface area (Å²) < 4.78 is 10.7. The number of carbonyl (C=O) groups is 2. The van der Waals surface area contributed by atoms with Gasteiger partial charge in [-0.25, -0.2) is 5.01 Å². The van der Waals surface area contributed by atoms with E-state index in [0.717, 1.165) is 12.8 Å². The van der Waals surface area contributed by atoms with Gasteiger partial charge in [0, 0.05) is 32.9 Å². The zero-order valence-corrected chi connectivity index (χ0v) is 30.8. The lowest BCUT2D eigenvalue weighted by Gasteiger charge is -2.27. The Morgan fingerprint density at radius 3 is 1.30 bits per heavy atom. The number of carbonyl (C=O) groups excluding carboxylic acids is 2. The average molecular weight is 605 g/mol. The number of ether oxygens (including phenoxy) is 1. The molecule has 2 N–H and O–H groups in total. The van der Waals surface area contributed by atoms with E-state index in [-0.39, 0.29) is 18.4 Å². The first-order valence-corrected chi connectivity index (χ1v) is 23.3. The first kappa shape index (κ1) is 43.9. The lowest BCUT2D eigenvalue weighted by molar-refractivity contribution is -0.141. The van der Waals surface area contributed by atoms with E-state index in [1.807, 2.05) is 0 Å². The summed E-state index contributed by atoms with van der Waals surface area (Å²) in [6.45, 7) is 22.8. The molecule has 0 fully saturated rings. The van der Waals surface area contributed by atoms with Crippen LogP contribution in [0.1, 0.15) is 137 Å². The molecule has 0 heterocycles. The van der Waals surface area contributed by atoms with E-state index in [0.29, 0.717) is 25.9 Å². The Balaban J connectivity index is -0.000000596. The van der Waals surface area contributed by atoms with E-state index in [4.69, 9.17) is 14.7 Å². The van der Waals surface area contributed by atoms with Crippen molar-refractivity contribution in [3.63, 3.8) is 0 Å². The van der Waals surface area contributed by atoms with Crippen LogP contribution >= 0.6 is 0 Å². The van der Waals surface area contributed by atoms with Crippen LogP contribution in [0.4, 0.5) is 0 Å². The molecular formula is C32H72N2O4Si2. The largest absolute Gasteiger partial charge is 0.464 e. The fourth-order valence-corrected chi connectivity index (χ4v) is 11.6. The quantitative estimate of drug-likeness (QED) is 0.0411. The Bertz CT molecular complexity index is 544. The smallest absolute Gasteiger partial charge is 0.302 e. The topological polar surface area (TPSA) is 81.9 Å². The molecule has 0 atom stereocenters. The number of esters is 1. The van der Waals surface area contributed by atoms with Crippen molar-refractivity contribution in [2.24, 2.45) is 5.84 Å². The number of hydrogen-bond acceptors (Lipinski definition) is 6. The zero-order valence-electron chi connectivity index (χ0n) is 28.8. The summed E-state index contributed by atoms with van der Waals surface area (Å²) in [5.41, 5.74) is 0. The van der Waals surface area contributed by atoms with Crippen molar-refractivity contribution in [3.8, 4) is 0 Å². The van der Waals surface area contributed by atoms with Crippen LogP contribution in [0, 0.1) is 0 Å². The third-order valence-corrected chi connectivity index (χ3v) is 10.9. The lowest BCUT2D eigenvalue weighted by Crippen LogP contribution is -2.39. The van der Waals surface area contributed by atoms with E-state index in [9.17, 15) is 9.59 Å². The van der Waals surface area contributed by atoms with Crippen LogP contribution in [-0.2, 0) is 18.4 Å². The first-order valence-electron chi connectivity index (χ1n) is 16.5. The number of unbranched alkanes of at least 4 members (excludes halogenated alkanes) is 13. The number of hydrazine groups is 1. The maximum Gasteiger partial charge on any atom is 0.302 e. The predicted octanol–water partition coefficient (Wildman–Crippen LogP) is 9.64. The van der Waals surface area contributed by atoms with Gasteiger partial charge >= 0.3 is 5.97 Å². The van der Waals surface area contributed by atoms with Gasteiger partial charge in [0.2, 0.25) is 0 Å². The van der Waals surface area contributed by atoms with Crippen LogP contribution in [0.5, 0.6) is 0 Å². The van der Waals surface area contributed by atoms with Crippen LogP contribution in [0.15, 0.2) is 0 Å². The molecule has 0 aromatic rings. The highest BCUT2D eigenvalue weighted by atomic mass is 28.4. The fraction of sp³-hybridized carbons (Fsp3) is 0.938. The fourth-order valence-electron chi connectivity index (χ4n) is 4.22. The molecule has 8 heteroatoms. The minimum Gasteiger partial charge on any atom is -0.464 e. The van der Waals surface area contributed by atoms with Gasteiger partial charge in [-0.15, -0.1) is 0 Å². The third kappa shape index (κ3) is 47.3. The molecule has 0 aromatic carbocycles. The van der Waals surface area contributed by atoms with Crippen LogP contribution in [0.2, 0.25) is 39.3 Å². The molecule has 6 nitrogen and oxygen atoms in total. The van der Waals surface area contributed by atoms with E-state index in [2.05, 4.69) is 60.1 Å². The number of nitrogens with two attached hydrogens (primary N) is 1. The molecule has 40 heavy (non-hydrogen) atoms. The molecule has 0 radical (unpaired) electrons. The van der Waals surface area contributed by atoms with Crippen molar-refractivity contribution in [3.05, 3.63) is 0 Å². The molecule has 0 aliphatic rings. The van der Waals surface area contributed by atoms with Crippen LogP contribution in [0.3, 0.4) is 0 Å². The highest BCUT2D eigenvalue weighted by molar-refractivity contribution is 6.83. The molecule has 0 amide bonds. The van der Waals surface area contributed by atoms with Crippen LogP contribution in [0.25, 0.3) is 0 Å². The second-order valence-electron chi connectivity index (χ2n) is 13.0. The Morgan fingerprint density at radius 1 is 0.600 bits per heavy atom. The standard InChI is InChI=1S/C16H32N2O3.C10H22.C6H18OSi2/c1-3-4-5-6-7-8-9-10-16(20)11-12-18(17)13-14-21-15(2)19;1-3-5-7-9-10-8-6-4-2;1-8(2,3)7-9(4,5)6/h3-14,17H2,1-2H3;3-10H2,1-2H3;1-6H3. The first-order chi connectivity index (χ1) is 18.7. The summed E-state index contributed by atoms with van der Waals surface area (Å²) in [6.07, 6.45) is 21.2. The number of Topliss-reactive ketones (excluding diaryl/α,β-unsaturated/α-hetero) is 1. The number of rotatable bonds is 23. The number of nitrogens with zero attached hydrogens (tertiary/aromatic N) is 1. The highest BCUT2D eigenvalue weighted by Gasteiger charge is 2.24. The maximum atomic E-state index is 11.7. The van der Waals surface area contributed by atoms with Gasteiger partial charge in [-0.05, 0) is 45.7 Å². The van der Waals surface area contributed by atoms with Gasteiger partial charge in [0.15, 0.2) is 16.6 Å². The molecule has 242 valence electrons. The van der Waals surface area contributed by atoms with Gasteiger partial charge in [-0.3, -0.25) is 15.4 Å². The molecule has 0 aromatic heterocycles. The van der Waals surface area contributed by atoms with Gasteiger partial charge in [0.05, 0.1) is 0 Å². The third-order valence-electron chi connectivity index (χ3n) is 5.99. The zero-order chi connectivity index (χ0) is 31.3. The minimum absolute atomic E-state index is 0.270. The summed E-state index contributed by atoms with van der Waals surface area (Å²) in [7, 11) is -2.46. The normalized spacial score (nSPS) is 11.4. The molecule has 0 rings (SSSR count). The summed E-state index contributed by atoms with van der Waals surface area (Å²) in [4.78, 5) is 22.3. The summed E-state index contributed by atoms with van der Waals surface area (Å²) in [5.74, 6) is 5.68. The van der Waals surface area contributed by atoms with Gasteiger partial charge in [0.1, 0.15) is 12.4 Å². The van der Waals surface area contributed by atoms with E-state index in [1.54, 1.807) is 0 Å². The van der Waals surface area contributed by atoms with Crippen molar-refractivity contribution in [1.82, 2.24) is 5.01 Å². The Hall–Kier alpha value is -0.546. The SMILES string of the molecule is CCCCCCCCCC.CCCCCCCCCC(=O)CCN(N)CCOC(C)=O.C[Si](C)(C)O[Si](C)(C)C.